The summed E-state index contributed by atoms with van der Waals surface area (Å²) in [5, 5.41) is 28.9. The minimum atomic E-state index is -1.32. The van der Waals surface area contributed by atoms with Gasteiger partial charge in [0.15, 0.2) is 15.2 Å². The van der Waals surface area contributed by atoms with E-state index in [-0.39, 0.29) is 34.3 Å². The molecule has 0 spiro atoms. The molecule has 14 nitrogen and oxygen atoms in total. The smallest absolute Gasteiger partial charge is 0.353 e. The molecule has 3 aromatic rings. The minimum Gasteiger partial charge on any atom is -0.477 e. The van der Waals surface area contributed by atoms with Crippen LogP contribution >= 0.6 is 34.4 Å². The highest BCUT2D eigenvalue weighted by Gasteiger charge is 2.54. The van der Waals surface area contributed by atoms with Gasteiger partial charge in [-0.05, 0) is 18.9 Å². The van der Waals surface area contributed by atoms with Crippen molar-refractivity contribution >= 4 is 79.0 Å². The second kappa shape index (κ2) is 11.1. The summed E-state index contributed by atoms with van der Waals surface area (Å²) in [6.45, 7) is -1.23. The molecular formula is C22H18FN7O7S3. The number of β-lactam (4-membered cyclic amide) rings is 1. The fourth-order valence-electron chi connectivity index (χ4n) is 4.24. The number of thiazole rings is 2. The maximum absolute atomic E-state index is 13.1. The number of rotatable bonds is 10. The second-order valence-electron chi connectivity index (χ2n) is 8.37. The van der Waals surface area contributed by atoms with E-state index in [0.717, 1.165) is 28.0 Å². The number of carbonyl (C=O) groups excluding carboxylic acids is 2. The van der Waals surface area contributed by atoms with Crippen LogP contribution in [0.25, 0.3) is 10.2 Å². The van der Waals surface area contributed by atoms with Gasteiger partial charge in [0.25, 0.3) is 17.5 Å². The standard InChI is InChI=1S/C22H18FN7O7S3/c23-5-6-37-28-15(11-8-38-21(24)25-11)18(31)27-16-12-3-4-13(17(20(33)34)29(12)19(16)32)39-22-26-10-2-1-9(30(35)36)7-14(10)40-22/h1-2,7-8,12,16H,3-6H2,(H2,24,25)(H,27,31)(H,33,34)/t12?,16-/m0/s1. The number of anilines is 1. The van der Waals surface area contributed by atoms with E-state index in [1.807, 2.05) is 0 Å². The van der Waals surface area contributed by atoms with Crippen LogP contribution in [-0.4, -0.2) is 73.8 Å². The lowest BCUT2D eigenvalue weighted by atomic mass is 9.86. The number of nitrogens with one attached hydrogen (secondary N) is 1. The lowest BCUT2D eigenvalue weighted by Crippen LogP contribution is -2.72. The van der Waals surface area contributed by atoms with Crippen LogP contribution in [0.15, 0.2) is 43.7 Å². The number of nitro benzene ring substituents is 1. The largest absolute Gasteiger partial charge is 0.477 e. The fourth-order valence-corrected chi connectivity index (χ4v) is 7.11. The van der Waals surface area contributed by atoms with Crippen molar-refractivity contribution in [3.05, 3.63) is 50.0 Å². The van der Waals surface area contributed by atoms with Crippen LogP contribution in [0.3, 0.4) is 0 Å². The number of hydrogen-bond acceptors (Lipinski definition) is 13. The highest BCUT2D eigenvalue weighted by Crippen LogP contribution is 2.45. The molecule has 0 bridgehead atoms. The summed E-state index contributed by atoms with van der Waals surface area (Å²) in [6, 6.07) is 2.59. The van der Waals surface area contributed by atoms with E-state index in [0.29, 0.717) is 25.9 Å². The molecule has 0 saturated carbocycles. The number of nitrogen functional groups attached to an aromatic ring is 1. The normalized spacial score (nSPS) is 18.9. The SMILES string of the molecule is Nc1nc(C(=NOCCF)C(=O)N[C@@H]2C(=O)N3C(C(=O)O)=C(Sc4nc5ccc([N+](=O)[O-])cc5s4)CCC23)cs1. The van der Waals surface area contributed by atoms with Gasteiger partial charge in [-0.15, -0.1) is 22.7 Å². The Kier molecular flexibility index (Phi) is 7.63. The number of carbonyl (C=O) groups is 3. The molecule has 40 heavy (non-hydrogen) atoms. The average molecular weight is 608 g/mol. The maximum Gasteiger partial charge on any atom is 0.353 e. The van der Waals surface area contributed by atoms with Gasteiger partial charge in [0.2, 0.25) is 0 Å². The molecule has 0 radical (unpaired) electrons. The molecule has 2 atom stereocenters. The molecule has 0 aliphatic carbocycles. The molecule has 18 heteroatoms. The highest BCUT2D eigenvalue weighted by molar-refractivity contribution is 8.04. The molecule has 1 fully saturated rings. The quantitative estimate of drug-likeness (QED) is 0.100. The molecule has 208 valence electrons. The Bertz CT molecular complexity index is 1600. The Labute approximate surface area is 235 Å². The van der Waals surface area contributed by atoms with Crippen molar-refractivity contribution in [2.75, 3.05) is 19.0 Å². The maximum atomic E-state index is 13.1. The third-order valence-corrected chi connectivity index (χ3v) is 8.86. The lowest BCUT2D eigenvalue weighted by Gasteiger charge is -2.49. The van der Waals surface area contributed by atoms with Crippen LogP contribution in [-0.2, 0) is 19.2 Å². The number of nitrogens with two attached hydrogens (primary N) is 1. The van der Waals surface area contributed by atoms with Gasteiger partial charge in [0.05, 0.1) is 21.2 Å². The van der Waals surface area contributed by atoms with Crippen LogP contribution < -0.4 is 11.1 Å². The van der Waals surface area contributed by atoms with Crippen molar-refractivity contribution in [1.29, 1.82) is 0 Å². The van der Waals surface area contributed by atoms with Crippen LogP contribution in [0.4, 0.5) is 15.2 Å². The van der Waals surface area contributed by atoms with Crippen molar-refractivity contribution in [1.82, 2.24) is 20.2 Å². The van der Waals surface area contributed by atoms with Crippen molar-refractivity contribution in [2.45, 2.75) is 29.3 Å². The summed E-state index contributed by atoms with van der Waals surface area (Å²) in [7, 11) is 0. The topological polar surface area (TPSA) is 203 Å². The first kappa shape index (κ1) is 27.4. The number of amides is 2. The van der Waals surface area contributed by atoms with Crippen LogP contribution in [0.2, 0.25) is 0 Å². The van der Waals surface area contributed by atoms with Gasteiger partial charge in [-0.25, -0.2) is 19.2 Å². The Balaban J connectivity index is 1.35. The van der Waals surface area contributed by atoms with Crippen molar-refractivity contribution in [3.8, 4) is 0 Å². The van der Waals surface area contributed by atoms with E-state index in [9.17, 15) is 34.0 Å². The molecule has 5 rings (SSSR count). The number of allylic oxidation sites excluding steroid dienone is 1. The molecule has 1 aromatic carbocycles. The molecule has 2 aromatic heterocycles. The summed E-state index contributed by atoms with van der Waals surface area (Å²) < 4.78 is 13.5. The number of carboxylic acid groups (broad SMARTS) is 1. The van der Waals surface area contributed by atoms with E-state index in [4.69, 9.17) is 10.6 Å². The van der Waals surface area contributed by atoms with Gasteiger partial charge in [-0.1, -0.05) is 16.9 Å². The fraction of sp³-hybridized carbons (Fsp3) is 0.273. The zero-order valence-corrected chi connectivity index (χ0v) is 22.6. The number of non-ortho nitro benzene ring substituents is 1. The van der Waals surface area contributed by atoms with Gasteiger partial charge in [0, 0.05) is 22.4 Å². The number of oxime groups is 1. The molecule has 1 unspecified atom stereocenters. The number of fused-ring (bicyclic) bond motifs is 2. The first-order valence-electron chi connectivity index (χ1n) is 11.5. The summed E-state index contributed by atoms with van der Waals surface area (Å²) in [4.78, 5) is 63.6. The van der Waals surface area contributed by atoms with Crippen LogP contribution in [0, 0.1) is 10.1 Å². The molecule has 4 N–H and O–H groups in total. The zero-order chi connectivity index (χ0) is 28.6. The van der Waals surface area contributed by atoms with E-state index in [2.05, 4.69) is 20.4 Å². The van der Waals surface area contributed by atoms with E-state index in [1.54, 1.807) is 0 Å². The predicted octanol–water partition coefficient (Wildman–Crippen LogP) is 2.51. The highest BCUT2D eigenvalue weighted by atomic mass is 32.2. The van der Waals surface area contributed by atoms with E-state index >= 15 is 0 Å². The number of carboxylic acids is 1. The minimum absolute atomic E-state index is 0.0807. The number of hydrogen-bond donors (Lipinski definition) is 3. The van der Waals surface area contributed by atoms with Crippen molar-refractivity contribution < 1.29 is 33.6 Å². The summed E-state index contributed by atoms with van der Waals surface area (Å²) >= 11 is 3.31. The Morgan fingerprint density at radius 1 is 1.40 bits per heavy atom. The number of nitrogens with zero attached hydrogens (tertiary/aromatic N) is 5. The number of aliphatic carboxylic acids is 1. The molecule has 2 amide bonds. The van der Waals surface area contributed by atoms with E-state index < -0.39 is 48.1 Å². The van der Waals surface area contributed by atoms with Crippen LogP contribution in [0.1, 0.15) is 18.5 Å². The number of aromatic nitrogens is 2. The summed E-state index contributed by atoms with van der Waals surface area (Å²) in [5.41, 5.74) is 5.65. The third kappa shape index (κ3) is 5.19. The van der Waals surface area contributed by atoms with Crippen LogP contribution in [0.5, 0.6) is 0 Å². The second-order valence-corrected chi connectivity index (χ2v) is 11.6. The van der Waals surface area contributed by atoms with Gasteiger partial charge < -0.3 is 21.0 Å². The molecule has 4 heterocycles. The molecular weight excluding hydrogens is 589 g/mol. The van der Waals surface area contributed by atoms with Gasteiger partial charge in [-0.3, -0.25) is 24.6 Å². The number of halogens is 1. The summed E-state index contributed by atoms with van der Waals surface area (Å²) in [5.74, 6) is -2.76. The zero-order valence-electron chi connectivity index (χ0n) is 20.1. The lowest BCUT2D eigenvalue weighted by molar-refractivity contribution is -0.384. The predicted molar refractivity (Wildman–Crippen MR) is 144 cm³/mol. The van der Waals surface area contributed by atoms with Gasteiger partial charge >= 0.3 is 5.97 Å². The first-order valence-corrected chi connectivity index (χ1v) is 14.0. The number of nitro groups is 1. The first-order chi connectivity index (χ1) is 19.2. The number of benzene rings is 1. The van der Waals surface area contributed by atoms with Crippen molar-refractivity contribution in [2.24, 2.45) is 5.16 Å². The Morgan fingerprint density at radius 2 is 2.20 bits per heavy atom. The molecule has 1 saturated heterocycles. The average Bonchev–Trinajstić information content (AvgIpc) is 3.53. The Hall–Kier alpha value is -4.16. The monoisotopic (exact) mass is 607 g/mol. The van der Waals surface area contributed by atoms with Gasteiger partial charge in [-0.2, -0.15) is 0 Å². The van der Waals surface area contributed by atoms with Crippen molar-refractivity contribution in [3.63, 3.8) is 0 Å². The van der Waals surface area contributed by atoms with Gasteiger partial charge in [0.1, 0.15) is 30.7 Å². The molecule has 2 aliphatic rings. The molecule has 2 aliphatic heterocycles. The number of thioether (sulfide) groups is 1. The summed E-state index contributed by atoms with van der Waals surface area (Å²) in [6.07, 6.45) is 0.632. The Morgan fingerprint density at radius 3 is 2.88 bits per heavy atom. The number of alkyl halides is 1. The third-order valence-electron chi connectivity index (χ3n) is 5.96. The van der Waals surface area contributed by atoms with E-state index in [1.165, 1.54) is 34.9 Å².